The van der Waals surface area contributed by atoms with E-state index in [1.54, 1.807) is 45.0 Å². The standard InChI is InChI=1S/C20H23NO5/c1-20(2,3)26-19(24)21-17(18(22)23)15-9-11-16(12-10-15)25-13-14-7-5-4-6-8-14/h4-12,17H,13H2,1-3H3,(H,21,24)(H,22,23)/t17-/m0/s1. The van der Waals surface area contributed by atoms with Gasteiger partial charge in [0, 0.05) is 0 Å². The summed E-state index contributed by atoms with van der Waals surface area (Å²) in [5, 5.41) is 11.8. The SMILES string of the molecule is CC(C)(C)OC(=O)N[C@H](C(=O)O)c1ccc(OCc2ccccc2)cc1. The lowest BCUT2D eigenvalue weighted by atomic mass is 10.1. The van der Waals surface area contributed by atoms with E-state index in [4.69, 9.17) is 9.47 Å². The first-order chi connectivity index (χ1) is 12.2. The summed E-state index contributed by atoms with van der Waals surface area (Å²) in [5.74, 6) is -0.562. The van der Waals surface area contributed by atoms with Crippen LogP contribution in [0.3, 0.4) is 0 Å². The normalized spacial score (nSPS) is 12.1. The summed E-state index contributed by atoms with van der Waals surface area (Å²) in [6.45, 7) is 5.54. The van der Waals surface area contributed by atoms with Crippen molar-refractivity contribution in [3.8, 4) is 5.75 Å². The summed E-state index contributed by atoms with van der Waals surface area (Å²) in [6, 6.07) is 15.1. The van der Waals surface area contributed by atoms with Gasteiger partial charge in [-0.15, -0.1) is 0 Å². The van der Waals surface area contributed by atoms with Crippen molar-refractivity contribution in [3.63, 3.8) is 0 Å². The molecule has 2 aromatic carbocycles. The van der Waals surface area contributed by atoms with E-state index in [1.807, 2.05) is 30.3 Å². The lowest BCUT2D eigenvalue weighted by Crippen LogP contribution is -2.38. The van der Waals surface area contributed by atoms with E-state index in [1.165, 1.54) is 0 Å². The molecule has 6 nitrogen and oxygen atoms in total. The highest BCUT2D eigenvalue weighted by Gasteiger charge is 2.25. The highest BCUT2D eigenvalue weighted by molar-refractivity contribution is 5.81. The molecule has 2 rings (SSSR count). The van der Waals surface area contributed by atoms with Crippen LogP contribution in [-0.4, -0.2) is 22.8 Å². The molecule has 138 valence electrons. The summed E-state index contributed by atoms with van der Waals surface area (Å²) >= 11 is 0. The Morgan fingerprint density at radius 2 is 1.65 bits per heavy atom. The first kappa shape index (κ1) is 19.3. The van der Waals surface area contributed by atoms with Gasteiger partial charge in [-0.05, 0) is 44.0 Å². The number of carbonyl (C=O) groups excluding carboxylic acids is 1. The van der Waals surface area contributed by atoms with E-state index in [0.717, 1.165) is 5.56 Å². The van der Waals surface area contributed by atoms with Crippen LogP contribution in [0, 0.1) is 0 Å². The molecule has 0 radical (unpaired) electrons. The number of hydrogen-bond acceptors (Lipinski definition) is 4. The molecule has 2 aromatic rings. The zero-order chi connectivity index (χ0) is 19.2. The van der Waals surface area contributed by atoms with Crippen LogP contribution in [-0.2, 0) is 16.1 Å². The van der Waals surface area contributed by atoms with Gasteiger partial charge in [0.15, 0.2) is 6.04 Å². The number of ether oxygens (including phenoxy) is 2. The minimum Gasteiger partial charge on any atom is -0.489 e. The zero-order valence-corrected chi connectivity index (χ0v) is 15.1. The van der Waals surface area contributed by atoms with Crippen molar-refractivity contribution >= 4 is 12.1 Å². The summed E-state index contributed by atoms with van der Waals surface area (Å²) in [5.41, 5.74) is 0.754. The van der Waals surface area contributed by atoms with E-state index < -0.39 is 23.7 Å². The van der Waals surface area contributed by atoms with Crippen molar-refractivity contribution in [2.75, 3.05) is 0 Å². The van der Waals surface area contributed by atoms with Crippen LogP contribution in [0.1, 0.15) is 37.9 Å². The number of aliphatic carboxylic acids is 1. The number of carboxylic acid groups (broad SMARTS) is 1. The molecule has 0 bridgehead atoms. The molecule has 2 N–H and O–H groups in total. The molecule has 0 unspecified atom stereocenters. The molecule has 0 heterocycles. The highest BCUT2D eigenvalue weighted by Crippen LogP contribution is 2.20. The number of rotatable bonds is 6. The van der Waals surface area contributed by atoms with Gasteiger partial charge in [-0.2, -0.15) is 0 Å². The predicted octanol–water partition coefficient (Wildman–Crippen LogP) is 3.92. The average molecular weight is 357 g/mol. The Labute approximate surface area is 152 Å². The maximum atomic E-state index is 11.9. The number of carbonyl (C=O) groups is 2. The van der Waals surface area contributed by atoms with Crippen LogP contribution in [0.25, 0.3) is 0 Å². The summed E-state index contributed by atoms with van der Waals surface area (Å²) < 4.78 is 10.8. The molecule has 1 atom stereocenters. The second kappa shape index (κ2) is 8.38. The second-order valence-electron chi connectivity index (χ2n) is 6.76. The Hall–Kier alpha value is -3.02. The van der Waals surface area contributed by atoms with Crippen LogP contribution in [0.4, 0.5) is 4.79 Å². The molecule has 0 saturated heterocycles. The molecule has 0 aliphatic heterocycles. The predicted molar refractivity (Wildman–Crippen MR) is 97.0 cm³/mol. The fourth-order valence-corrected chi connectivity index (χ4v) is 2.21. The smallest absolute Gasteiger partial charge is 0.408 e. The van der Waals surface area contributed by atoms with Gasteiger partial charge < -0.3 is 19.9 Å². The number of carboxylic acids is 1. The largest absolute Gasteiger partial charge is 0.489 e. The van der Waals surface area contributed by atoms with Crippen molar-refractivity contribution in [1.82, 2.24) is 5.32 Å². The number of alkyl carbamates (subject to hydrolysis) is 1. The maximum absolute atomic E-state index is 11.9. The van der Waals surface area contributed by atoms with E-state index >= 15 is 0 Å². The lowest BCUT2D eigenvalue weighted by Gasteiger charge is -2.22. The third-order valence-electron chi connectivity index (χ3n) is 3.37. The Kier molecular flexibility index (Phi) is 6.22. The van der Waals surface area contributed by atoms with Crippen molar-refractivity contribution in [2.24, 2.45) is 0 Å². The van der Waals surface area contributed by atoms with Crippen molar-refractivity contribution in [3.05, 3.63) is 65.7 Å². The van der Waals surface area contributed by atoms with Gasteiger partial charge in [-0.25, -0.2) is 9.59 Å². The Morgan fingerprint density at radius 3 is 2.19 bits per heavy atom. The van der Waals surface area contributed by atoms with Gasteiger partial charge in [0.2, 0.25) is 0 Å². The third-order valence-corrected chi connectivity index (χ3v) is 3.37. The van der Waals surface area contributed by atoms with Gasteiger partial charge in [0.05, 0.1) is 0 Å². The second-order valence-corrected chi connectivity index (χ2v) is 6.76. The first-order valence-electron chi connectivity index (χ1n) is 8.23. The fourth-order valence-electron chi connectivity index (χ4n) is 2.21. The number of benzene rings is 2. The monoisotopic (exact) mass is 357 g/mol. The Balaban J connectivity index is 2.01. The maximum Gasteiger partial charge on any atom is 0.408 e. The summed E-state index contributed by atoms with van der Waals surface area (Å²) in [6.07, 6.45) is -0.783. The molecule has 0 aromatic heterocycles. The molecular weight excluding hydrogens is 334 g/mol. The number of nitrogens with one attached hydrogen (secondary N) is 1. The Morgan fingerprint density at radius 1 is 1.04 bits per heavy atom. The average Bonchev–Trinajstić information content (AvgIpc) is 2.57. The summed E-state index contributed by atoms with van der Waals surface area (Å²) in [4.78, 5) is 23.3. The van der Waals surface area contributed by atoms with Crippen LogP contribution in [0.15, 0.2) is 54.6 Å². The van der Waals surface area contributed by atoms with Crippen molar-refractivity contribution in [2.45, 2.75) is 39.0 Å². The Bertz CT molecular complexity index is 735. The minimum absolute atomic E-state index is 0.415. The van der Waals surface area contributed by atoms with E-state index in [2.05, 4.69) is 5.32 Å². The number of hydrogen-bond donors (Lipinski definition) is 2. The summed E-state index contributed by atoms with van der Waals surface area (Å²) in [7, 11) is 0. The molecule has 26 heavy (non-hydrogen) atoms. The van der Waals surface area contributed by atoms with E-state index in [9.17, 15) is 14.7 Å². The molecule has 1 amide bonds. The fraction of sp³-hybridized carbons (Fsp3) is 0.300. The quantitative estimate of drug-likeness (QED) is 0.818. The third kappa shape index (κ3) is 6.12. The van der Waals surface area contributed by atoms with Gasteiger partial charge >= 0.3 is 12.1 Å². The molecule has 0 spiro atoms. The van der Waals surface area contributed by atoms with Crippen molar-refractivity contribution < 1.29 is 24.2 Å². The first-order valence-corrected chi connectivity index (χ1v) is 8.23. The molecule has 0 aliphatic rings. The van der Waals surface area contributed by atoms with Crippen LogP contribution >= 0.6 is 0 Å². The van der Waals surface area contributed by atoms with Gasteiger partial charge in [0.1, 0.15) is 18.0 Å². The zero-order valence-electron chi connectivity index (χ0n) is 15.1. The van der Waals surface area contributed by atoms with E-state index in [-0.39, 0.29) is 0 Å². The van der Waals surface area contributed by atoms with Gasteiger partial charge in [-0.3, -0.25) is 0 Å². The van der Waals surface area contributed by atoms with Crippen LogP contribution in [0.5, 0.6) is 5.75 Å². The molecule has 0 aliphatic carbocycles. The lowest BCUT2D eigenvalue weighted by molar-refractivity contribution is -0.139. The molecule has 0 fully saturated rings. The molecule has 0 saturated carbocycles. The highest BCUT2D eigenvalue weighted by atomic mass is 16.6. The van der Waals surface area contributed by atoms with E-state index in [0.29, 0.717) is 17.9 Å². The van der Waals surface area contributed by atoms with Crippen molar-refractivity contribution in [1.29, 1.82) is 0 Å². The molecule has 6 heteroatoms. The van der Waals surface area contributed by atoms with Gasteiger partial charge in [0.25, 0.3) is 0 Å². The topological polar surface area (TPSA) is 84.9 Å². The molecular formula is C20H23NO5. The number of amides is 1. The van der Waals surface area contributed by atoms with Crippen LogP contribution in [0.2, 0.25) is 0 Å². The van der Waals surface area contributed by atoms with Crippen LogP contribution < -0.4 is 10.1 Å². The van der Waals surface area contributed by atoms with Gasteiger partial charge in [-0.1, -0.05) is 42.5 Å². The minimum atomic E-state index is -1.20.